The number of nitrogens with zero attached hydrogens (tertiary/aromatic N) is 1. The first-order chi connectivity index (χ1) is 12.3. The van der Waals surface area contributed by atoms with Gasteiger partial charge in [-0.15, -0.1) is 0 Å². The Balaban J connectivity index is 1.30. The van der Waals surface area contributed by atoms with Crippen LogP contribution in [-0.2, 0) is 14.2 Å². The van der Waals surface area contributed by atoms with Crippen molar-refractivity contribution in [3.05, 3.63) is 71.8 Å². The Morgan fingerprint density at radius 1 is 1.00 bits per heavy atom. The van der Waals surface area contributed by atoms with Gasteiger partial charge in [-0.05, 0) is 24.3 Å². The van der Waals surface area contributed by atoms with Gasteiger partial charge in [0.05, 0.1) is 11.7 Å². The summed E-state index contributed by atoms with van der Waals surface area (Å²) in [5, 5.41) is 0. The van der Waals surface area contributed by atoms with Crippen molar-refractivity contribution in [2.24, 2.45) is 4.99 Å². The standard InChI is InChI=1S/C20H17NO4/c22-20(13-9-5-2-6-10-13)24-15-11-14-16-18(17(15)23-14)25-19(21-16)12-7-3-1-4-8-12/h1-10,14-18H,11H2/t14-,15-,16-,17+,18-/m1/s1. The Morgan fingerprint density at radius 2 is 1.72 bits per heavy atom. The molecule has 3 aliphatic heterocycles. The average molecular weight is 335 g/mol. The molecule has 0 saturated carbocycles. The molecule has 5 rings (SSSR count). The van der Waals surface area contributed by atoms with Gasteiger partial charge in [-0.2, -0.15) is 0 Å². The van der Waals surface area contributed by atoms with E-state index >= 15 is 0 Å². The number of hydrogen-bond acceptors (Lipinski definition) is 5. The third kappa shape index (κ3) is 2.43. The molecular formula is C20H17NO4. The monoisotopic (exact) mass is 335 g/mol. The van der Waals surface area contributed by atoms with Crippen LogP contribution in [0.5, 0.6) is 0 Å². The van der Waals surface area contributed by atoms with Gasteiger partial charge in [0.15, 0.2) is 6.10 Å². The van der Waals surface area contributed by atoms with Gasteiger partial charge in [0.25, 0.3) is 0 Å². The van der Waals surface area contributed by atoms with E-state index in [4.69, 9.17) is 19.2 Å². The lowest BCUT2D eigenvalue weighted by atomic mass is 9.91. The number of rotatable bonds is 3. The molecule has 0 spiro atoms. The Hall–Kier alpha value is -2.66. The number of ether oxygens (including phenoxy) is 3. The molecule has 0 N–H and O–H groups in total. The summed E-state index contributed by atoms with van der Waals surface area (Å²) in [6.45, 7) is 0. The predicted octanol–water partition coefficient (Wildman–Crippen LogP) is 2.60. The van der Waals surface area contributed by atoms with E-state index in [1.54, 1.807) is 12.1 Å². The SMILES string of the molecule is O=C(O[C@@H]1C[C@H]2O[C@@H]1[C@@H]1OC(c3ccccc3)=N[C@@H]12)c1ccccc1. The number of esters is 1. The minimum Gasteiger partial charge on any atom is -0.469 e. The third-order valence-corrected chi connectivity index (χ3v) is 5.01. The first-order valence-corrected chi connectivity index (χ1v) is 8.51. The molecule has 2 fully saturated rings. The van der Waals surface area contributed by atoms with Gasteiger partial charge in [0.1, 0.15) is 18.2 Å². The minimum atomic E-state index is -0.319. The van der Waals surface area contributed by atoms with E-state index in [1.165, 1.54) is 0 Å². The zero-order valence-electron chi connectivity index (χ0n) is 13.4. The maximum Gasteiger partial charge on any atom is 0.338 e. The second kappa shape index (κ2) is 5.70. The largest absolute Gasteiger partial charge is 0.469 e. The fraction of sp³-hybridized carbons (Fsp3) is 0.300. The predicted molar refractivity (Wildman–Crippen MR) is 90.6 cm³/mol. The molecule has 2 aromatic rings. The van der Waals surface area contributed by atoms with Crippen LogP contribution in [0.1, 0.15) is 22.3 Å². The van der Waals surface area contributed by atoms with E-state index in [-0.39, 0.29) is 36.4 Å². The molecule has 2 aromatic carbocycles. The van der Waals surface area contributed by atoms with Gasteiger partial charge in [0, 0.05) is 12.0 Å². The van der Waals surface area contributed by atoms with E-state index in [0.717, 1.165) is 5.56 Å². The zero-order valence-corrected chi connectivity index (χ0v) is 13.4. The van der Waals surface area contributed by atoms with Crippen LogP contribution in [0.4, 0.5) is 0 Å². The van der Waals surface area contributed by atoms with Crippen LogP contribution in [0, 0.1) is 0 Å². The summed E-state index contributed by atoms with van der Waals surface area (Å²) in [6.07, 6.45) is -0.108. The van der Waals surface area contributed by atoms with Crippen LogP contribution in [0.25, 0.3) is 0 Å². The van der Waals surface area contributed by atoms with Crippen LogP contribution >= 0.6 is 0 Å². The second-order valence-corrected chi connectivity index (χ2v) is 6.56. The van der Waals surface area contributed by atoms with Crippen molar-refractivity contribution in [3.63, 3.8) is 0 Å². The van der Waals surface area contributed by atoms with Gasteiger partial charge >= 0.3 is 5.97 Å². The Kier molecular flexibility index (Phi) is 3.35. The smallest absolute Gasteiger partial charge is 0.338 e. The van der Waals surface area contributed by atoms with E-state index in [1.807, 2.05) is 48.5 Å². The van der Waals surface area contributed by atoms with Crippen molar-refractivity contribution in [3.8, 4) is 0 Å². The Bertz CT molecular complexity index is 820. The molecular weight excluding hydrogens is 318 g/mol. The van der Waals surface area contributed by atoms with E-state index in [2.05, 4.69) is 0 Å². The first-order valence-electron chi connectivity index (χ1n) is 8.51. The fourth-order valence-electron chi connectivity index (χ4n) is 3.83. The van der Waals surface area contributed by atoms with Gasteiger partial charge in [-0.1, -0.05) is 36.4 Å². The molecule has 5 nitrogen and oxygen atoms in total. The average Bonchev–Trinajstić information content (AvgIpc) is 3.34. The third-order valence-electron chi connectivity index (χ3n) is 5.01. The van der Waals surface area contributed by atoms with Crippen LogP contribution in [0.15, 0.2) is 65.7 Å². The summed E-state index contributed by atoms with van der Waals surface area (Å²) in [6, 6.07) is 18.9. The highest BCUT2D eigenvalue weighted by atomic mass is 16.6. The van der Waals surface area contributed by atoms with E-state index in [0.29, 0.717) is 17.9 Å². The second-order valence-electron chi connectivity index (χ2n) is 6.56. The van der Waals surface area contributed by atoms with Gasteiger partial charge < -0.3 is 14.2 Å². The number of aliphatic imine (C=N–C) groups is 1. The number of fused-ring (bicyclic) bond motifs is 5. The summed E-state index contributed by atoms with van der Waals surface area (Å²) in [4.78, 5) is 17.0. The molecule has 126 valence electrons. The van der Waals surface area contributed by atoms with Crippen molar-refractivity contribution in [1.82, 2.24) is 0 Å². The summed E-state index contributed by atoms with van der Waals surface area (Å²) < 4.78 is 17.7. The zero-order chi connectivity index (χ0) is 16.8. The molecule has 2 saturated heterocycles. The molecule has 0 unspecified atom stereocenters. The molecule has 25 heavy (non-hydrogen) atoms. The van der Waals surface area contributed by atoms with Crippen LogP contribution < -0.4 is 0 Å². The van der Waals surface area contributed by atoms with Gasteiger partial charge in [-0.3, -0.25) is 0 Å². The molecule has 0 amide bonds. The van der Waals surface area contributed by atoms with Crippen LogP contribution in [-0.4, -0.2) is 42.3 Å². The highest BCUT2D eigenvalue weighted by Crippen LogP contribution is 2.43. The van der Waals surface area contributed by atoms with Gasteiger partial charge in [-0.25, -0.2) is 9.79 Å². The molecule has 5 heteroatoms. The number of hydrogen-bond donors (Lipinski definition) is 0. The summed E-state index contributed by atoms with van der Waals surface area (Å²) >= 11 is 0. The highest BCUT2D eigenvalue weighted by Gasteiger charge is 2.60. The molecule has 0 aliphatic carbocycles. The quantitative estimate of drug-likeness (QED) is 0.809. The number of benzene rings is 2. The number of carbonyl (C=O) groups excluding carboxylic acids is 1. The van der Waals surface area contributed by atoms with Gasteiger partial charge in [0.2, 0.25) is 5.90 Å². The summed E-state index contributed by atoms with van der Waals surface area (Å²) in [5.74, 6) is 0.337. The maximum absolute atomic E-state index is 12.3. The molecule has 5 atom stereocenters. The van der Waals surface area contributed by atoms with Crippen LogP contribution in [0.2, 0.25) is 0 Å². The Morgan fingerprint density at radius 3 is 2.48 bits per heavy atom. The fourth-order valence-corrected chi connectivity index (χ4v) is 3.83. The number of carbonyl (C=O) groups is 1. The normalized spacial score (nSPS) is 32.0. The highest BCUT2D eigenvalue weighted by molar-refractivity contribution is 5.95. The first kappa shape index (κ1) is 14.7. The van der Waals surface area contributed by atoms with E-state index in [9.17, 15) is 4.79 Å². The lowest BCUT2D eigenvalue weighted by Gasteiger charge is -2.26. The molecule has 3 heterocycles. The molecule has 2 bridgehead atoms. The summed E-state index contributed by atoms with van der Waals surface area (Å²) in [7, 11) is 0. The summed E-state index contributed by atoms with van der Waals surface area (Å²) in [5.41, 5.74) is 1.52. The molecule has 0 aromatic heterocycles. The van der Waals surface area contributed by atoms with Crippen molar-refractivity contribution in [2.45, 2.75) is 36.9 Å². The Labute approximate surface area is 145 Å². The minimum absolute atomic E-state index is 0.00752. The van der Waals surface area contributed by atoms with Crippen molar-refractivity contribution >= 4 is 11.9 Å². The molecule has 3 aliphatic rings. The maximum atomic E-state index is 12.3. The van der Waals surface area contributed by atoms with Crippen molar-refractivity contribution in [2.75, 3.05) is 0 Å². The lowest BCUT2D eigenvalue weighted by molar-refractivity contribution is -0.0219. The van der Waals surface area contributed by atoms with Crippen molar-refractivity contribution < 1.29 is 19.0 Å². The van der Waals surface area contributed by atoms with Crippen molar-refractivity contribution in [1.29, 1.82) is 0 Å². The molecule has 0 radical (unpaired) electrons. The van der Waals surface area contributed by atoms with E-state index < -0.39 is 0 Å². The topological polar surface area (TPSA) is 57.1 Å². The lowest BCUT2D eigenvalue weighted by Crippen LogP contribution is -2.44. The van der Waals surface area contributed by atoms with Crippen LogP contribution in [0.3, 0.4) is 0 Å².